The summed E-state index contributed by atoms with van der Waals surface area (Å²) in [4.78, 5) is 45.7. The Balaban J connectivity index is 1.41. The van der Waals surface area contributed by atoms with Gasteiger partial charge < -0.3 is 25.4 Å². The lowest BCUT2D eigenvalue weighted by atomic mass is 10.2. The van der Waals surface area contributed by atoms with Crippen molar-refractivity contribution in [3.63, 3.8) is 0 Å². The Morgan fingerprint density at radius 1 is 1.07 bits per heavy atom. The molecule has 11 nitrogen and oxygen atoms in total. The molecule has 222 valence electrons. The number of hydrogen-bond donors (Lipinski definition) is 2. The molecule has 2 aromatic carbocycles. The lowest BCUT2D eigenvalue weighted by Gasteiger charge is -2.29. The maximum Gasteiger partial charge on any atom is 0.335 e. The van der Waals surface area contributed by atoms with Crippen molar-refractivity contribution < 1.29 is 23.0 Å². The number of aromatic nitrogens is 3. The summed E-state index contributed by atoms with van der Waals surface area (Å²) in [5.41, 5.74) is 4.89. The largest absolute Gasteiger partial charge is 0.452 e. The number of aryl methyl sites for hydroxylation is 1. The van der Waals surface area contributed by atoms with E-state index in [1.807, 2.05) is 0 Å². The lowest BCUT2D eigenvalue weighted by Crippen LogP contribution is -2.42. The molecule has 2 aromatic heterocycles. The summed E-state index contributed by atoms with van der Waals surface area (Å²) in [6.45, 7) is 4.30. The van der Waals surface area contributed by atoms with E-state index in [0.717, 1.165) is 34.7 Å². The highest BCUT2D eigenvalue weighted by atomic mass is 19.1. The van der Waals surface area contributed by atoms with Crippen molar-refractivity contribution in [1.82, 2.24) is 14.1 Å². The van der Waals surface area contributed by atoms with Crippen LogP contribution < -0.4 is 31.9 Å². The molecule has 4 aromatic rings. The van der Waals surface area contributed by atoms with Crippen LogP contribution >= 0.6 is 0 Å². The average Bonchev–Trinajstić information content (AvgIpc) is 3.01. The molecule has 5 rings (SSSR count). The predicted molar refractivity (Wildman–Crippen MR) is 157 cm³/mol. The fraction of sp³-hybridized carbons (Fsp3) is 0.200. The first-order valence-corrected chi connectivity index (χ1v) is 13.4. The maximum atomic E-state index is 15.2. The fourth-order valence-electron chi connectivity index (χ4n) is 4.52. The molecular weight excluding hydrogens is 562 g/mol. The first-order chi connectivity index (χ1) is 20.8. The number of carbonyl (C=O) groups is 1. The van der Waals surface area contributed by atoms with E-state index in [1.165, 1.54) is 41.1 Å². The number of carbonyl (C=O) groups excluding carboxylic acids is 1. The van der Waals surface area contributed by atoms with E-state index in [9.17, 15) is 18.8 Å². The van der Waals surface area contributed by atoms with Gasteiger partial charge >= 0.3 is 5.69 Å². The Hall–Kier alpha value is -5.30. The molecule has 1 fully saturated rings. The van der Waals surface area contributed by atoms with Crippen molar-refractivity contribution in [3.8, 4) is 17.2 Å². The average molecular weight is 591 g/mol. The highest BCUT2D eigenvalue weighted by molar-refractivity contribution is 6.03. The van der Waals surface area contributed by atoms with Gasteiger partial charge in [-0.1, -0.05) is 0 Å². The molecule has 3 N–H and O–H groups in total. The molecule has 0 spiro atoms. The molecule has 1 aliphatic rings. The van der Waals surface area contributed by atoms with Crippen molar-refractivity contribution >= 4 is 23.4 Å². The topological polar surface area (TPSA) is 134 Å². The number of morpholine rings is 1. The normalized spacial score (nSPS) is 13.3. The smallest absolute Gasteiger partial charge is 0.335 e. The molecule has 1 saturated heterocycles. The highest BCUT2D eigenvalue weighted by Gasteiger charge is 2.20. The van der Waals surface area contributed by atoms with Gasteiger partial charge in [-0.2, -0.15) is 0 Å². The third kappa shape index (κ3) is 6.31. The van der Waals surface area contributed by atoms with Gasteiger partial charge in [0.2, 0.25) is 0 Å². The van der Waals surface area contributed by atoms with Gasteiger partial charge in [-0.05, 0) is 55.6 Å². The summed E-state index contributed by atoms with van der Waals surface area (Å²) in [5, 5.41) is 2.49. The number of halogens is 2. The second-order valence-electron chi connectivity index (χ2n) is 9.47. The number of anilines is 2. The highest BCUT2D eigenvalue weighted by Crippen LogP contribution is 2.32. The fourth-order valence-corrected chi connectivity index (χ4v) is 4.52. The van der Waals surface area contributed by atoms with Crippen molar-refractivity contribution in [1.29, 1.82) is 0 Å². The second kappa shape index (κ2) is 12.7. The Morgan fingerprint density at radius 2 is 1.81 bits per heavy atom. The summed E-state index contributed by atoms with van der Waals surface area (Å²) in [7, 11) is 0. The predicted octanol–water partition coefficient (Wildman–Crippen LogP) is 3.50. The minimum Gasteiger partial charge on any atom is -0.452 e. The molecule has 43 heavy (non-hydrogen) atoms. The van der Waals surface area contributed by atoms with E-state index >= 15 is 4.39 Å². The Labute approximate surface area is 244 Å². The van der Waals surface area contributed by atoms with E-state index in [-0.39, 0.29) is 35.0 Å². The summed E-state index contributed by atoms with van der Waals surface area (Å²) >= 11 is 0. The Kier molecular flexibility index (Phi) is 8.62. The van der Waals surface area contributed by atoms with Crippen LogP contribution in [-0.4, -0.2) is 46.3 Å². The molecule has 0 radical (unpaired) electrons. The molecule has 3 heterocycles. The molecule has 1 amide bonds. The van der Waals surface area contributed by atoms with Gasteiger partial charge in [0, 0.05) is 43.7 Å². The molecule has 0 unspecified atom stereocenters. The lowest BCUT2D eigenvalue weighted by molar-refractivity contribution is 0.102. The molecular formula is C30H28F2N6O5. The molecule has 0 atom stereocenters. The maximum absolute atomic E-state index is 15.2. The number of nitrogens with zero attached hydrogens (tertiary/aromatic N) is 4. The third-order valence-corrected chi connectivity index (χ3v) is 6.73. The van der Waals surface area contributed by atoms with Crippen LogP contribution in [0.25, 0.3) is 11.8 Å². The van der Waals surface area contributed by atoms with Gasteiger partial charge in [0.1, 0.15) is 17.1 Å². The molecule has 0 saturated carbocycles. The van der Waals surface area contributed by atoms with Gasteiger partial charge in [0.05, 0.1) is 30.8 Å². The van der Waals surface area contributed by atoms with Crippen LogP contribution in [0, 0.1) is 11.6 Å². The quantitative estimate of drug-likeness (QED) is 0.319. The van der Waals surface area contributed by atoms with Crippen molar-refractivity contribution in [2.24, 2.45) is 5.73 Å². The van der Waals surface area contributed by atoms with Crippen molar-refractivity contribution in [2.45, 2.75) is 13.5 Å². The summed E-state index contributed by atoms with van der Waals surface area (Å²) in [6, 6.07) is 10.2. The van der Waals surface area contributed by atoms with Crippen LogP contribution in [0.5, 0.6) is 11.5 Å². The number of nitrogens with two attached hydrogens (primary N) is 1. The first-order valence-electron chi connectivity index (χ1n) is 13.4. The second-order valence-corrected chi connectivity index (χ2v) is 9.47. The van der Waals surface area contributed by atoms with E-state index in [4.69, 9.17) is 15.2 Å². The van der Waals surface area contributed by atoms with E-state index in [1.54, 1.807) is 19.2 Å². The van der Waals surface area contributed by atoms with Crippen molar-refractivity contribution in [3.05, 3.63) is 111 Å². The minimum atomic E-state index is -0.910. The van der Waals surface area contributed by atoms with E-state index in [0.29, 0.717) is 32.0 Å². The van der Waals surface area contributed by atoms with E-state index in [2.05, 4.69) is 15.2 Å². The zero-order valence-corrected chi connectivity index (χ0v) is 23.1. The summed E-state index contributed by atoms with van der Waals surface area (Å²) < 4.78 is 41.9. The molecule has 13 heteroatoms. The number of amides is 1. The number of nitrogens with one attached hydrogen (secondary N) is 1. The number of hydrogen-bond acceptors (Lipinski definition) is 8. The molecule has 0 aliphatic carbocycles. The van der Waals surface area contributed by atoms with Gasteiger partial charge in [0.15, 0.2) is 17.3 Å². The van der Waals surface area contributed by atoms with Crippen LogP contribution in [0.3, 0.4) is 0 Å². The monoisotopic (exact) mass is 590 g/mol. The third-order valence-electron chi connectivity index (χ3n) is 6.73. The van der Waals surface area contributed by atoms with E-state index < -0.39 is 28.8 Å². The number of rotatable bonds is 8. The molecule has 1 aliphatic heterocycles. The Bertz CT molecular complexity index is 1800. The first kappa shape index (κ1) is 29.2. The zero-order valence-electron chi connectivity index (χ0n) is 23.1. The number of pyridine rings is 1. The Morgan fingerprint density at radius 3 is 2.49 bits per heavy atom. The summed E-state index contributed by atoms with van der Waals surface area (Å²) in [5.74, 6) is -2.08. The number of ether oxygens (including phenoxy) is 2. The van der Waals surface area contributed by atoms with Crippen LogP contribution in [0.1, 0.15) is 23.0 Å². The van der Waals surface area contributed by atoms with Crippen LogP contribution in [0.4, 0.5) is 20.2 Å². The molecule has 0 bridgehead atoms. The van der Waals surface area contributed by atoms with Crippen LogP contribution in [0.15, 0.2) is 76.7 Å². The standard InChI is InChI=1S/C30H28F2N6O5/c1-2-36-18-23(29(40)38(30(36)41)21-6-3-19(31)4-7-21)28(39)35-20-5-8-26(24(32)15-20)43-27-16-22(17-34-25(27)9-10-33)37-11-13-42-14-12-37/h3-10,15-18H,2,11-14,33H2,1H3,(H,35,39). The van der Waals surface area contributed by atoms with Gasteiger partial charge in [-0.25, -0.2) is 18.1 Å². The van der Waals surface area contributed by atoms with Crippen LogP contribution in [-0.2, 0) is 11.3 Å². The number of benzene rings is 2. The van der Waals surface area contributed by atoms with Gasteiger partial charge in [-0.15, -0.1) is 0 Å². The summed E-state index contributed by atoms with van der Waals surface area (Å²) in [6.07, 6.45) is 5.63. The van der Waals surface area contributed by atoms with Crippen molar-refractivity contribution in [2.75, 3.05) is 36.5 Å². The SMILES string of the molecule is CCn1cc(C(=O)Nc2ccc(Oc3cc(N4CCOCC4)cnc3C=CN)c(F)c2)c(=O)n(-c2ccc(F)cc2)c1=O. The van der Waals surface area contributed by atoms with Gasteiger partial charge in [0.25, 0.3) is 11.5 Å². The van der Waals surface area contributed by atoms with Gasteiger partial charge in [-0.3, -0.25) is 19.1 Å². The zero-order chi connectivity index (χ0) is 30.5. The van der Waals surface area contributed by atoms with Crippen LogP contribution in [0.2, 0.25) is 0 Å². The minimum absolute atomic E-state index is 0.0408.